The lowest BCUT2D eigenvalue weighted by Crippen LogP contribution is -2.50. The molecule has 1 aliphatic heterocycles. The quantitative estimate of drug-likeness (QED) is 0.236. The average Bonchev–Trinajstić information content (AvgIpc) is 3.65. The second kappa shape index (κ2) is 13.1. The van der Waals surface area contributed by atoms with Crippen molar-refractivity contribution in [2.75, 3.05) is 19.3 Å². The maximum atomic E-state index is 14.2. The second-order valence-electron chi connectivity index (χ2n) is 11.4. The van der Waals surface area contributed by atoms with Crippen LogP contribution in [0.3, 0.4) is 0 Å². The molecule has 5 rings (SSSR count). The molecule has 0 radical (unpaired) electrons. The number of nitrogens with zero attached hydrogens (tertiary/aromatic N) is 2. The number of likely N-dealkylation sites (tertiary alicyclic amines) is 1. The number of amides is 1. The molecule has 4 unspecified atom stereocenters. The molecular formula is C31H34Cl2N2O5S2. The molecule has 1 saturated heterocycles. The van der Waals surface area contributed by atoms with Crippen molar-refractivity contribution in [2.24, 2.45) is 17.8 Å². The molecule has 224 valence electrons. The smallest absolute Gasteiger partial charge is 0.304 e. The van der Waals surface area contributed by atoms with E-state index in [2.05, 4.69) is 0 Å². The second-order valence-corrected chi connectivity index (χ2v) is 15.3. The molecule has 0 spiro atoms. The van der Waals surface area contributed by atoms with Gasteiger partial charge >= 0.3 is 5.97 Å². The van der Waals surface area contributed by atoms with Crippen LogP contribution in [-0.2, 0) is 26.2 Å². The van der Waals surface area contributed by atoms with Crippen LogP contribution in [-0.4, -0.2) is 54.0 Å². The minimum atomic E-state index is -3.52. The molecule has 4 atom stereocenters. The largest absolute Gasteiger partial charge is 0.481 e. The molecule has 2 aromatic carbocycles. The Morgan fingerprint density at radius 2 is 1.81 bits per heavy atom. The van der Waals surface area contributed by atoms with Crippen LogP contribution in [0.25, 0.3) is 0 Å². The number of piperidine rings is 1. The van der Waals surface area contributed by atoms with Crippen molar-refractivity contribution in [1.82, 2.24) is 9.21 Å². The van der Waals surface area contributed by atoms with E-state index in [-0.39, 0.29) is 43.2 Å². The Hall–Kier alpha value is -2.43. The third kappa shape index (κ3) is 7.55. The van der Waals surface area contributed by atoms with E-state index in [0.29, 0.717) is 23.0 Å². The Morgan fingerprint density at radius 3 is 2.40 bits per heavy atom. The average molecular weight is 650 g/mol. The lowest BCUT2D eigenvalue weighted by atomic mass is 9.74. The third-order valence-electron chi connectivity index (χ3n) is 8.34. The molecule has 1 amide bonds. The number of benzene rings is 2. The zero-order chi connectivity index (χ0) is 30.0. The van der Waals surface area contributed by atoms with E-state index in [1.165, 1.54) is 21.9 Å². The monoisotopic (exact) mass is 648 g/mol. The fraction of sp³-hybridized carbons (Fsp3) is 0.419. The van der Waals surface area contributed by atoms with Crippen molar-refractivity contribution >= 4 is 56.4 Å². The molecule has 1 aliphatic carbocycles. The Morgan fingerprint density at radius 1 is 1.07 bits per heavy atom. The van der Waals surface area contributed by atoms with Crippen molar-refractivity contribution < 1.29 is 23.1 Å². The maximum absolute atomic E-state index is 14.2. The van der Waals surface area contributed by atoms with E-state index in [1.54, 1.807) is 18.2 Å². The first-order valence-corrected chi connectivity index (χ1v) is 17.5. The topological polar surface area (TPSA) is 95.0 Å². The number of thiophene rings is 1. The number of carboxylic acids is 1. The standard InChI is InChI=1S/C31H34Cl2N2O5S2/c1-42(39,40)34(19-27-6-3-13-41-27)17-24(20-7-8-20)18-35-30(21-9-11-25(32)12-10-21)28(22-4-2-5-26(33)14-22)15-23(31(35)38)16-29(36)37/h2-6,9-14,20,23-24,28,30H,7-8,15-19H2,1H3,(H,36,37). The van der Waals surface area contributed by atoms with Crippen LogP contribution < -0.4 is 0 Å². The summed E-state index contributed by atoms with van der Waals surface area (Å²) in [7, 11) is -3.52. The number of sulfonamides is 1. The van der Waals surface area contributed by atoms with E-state index < -0.39 is 28.0 Å². The van der Waals surface area contributed by atoms with Gasteiger partial charge in [0.25, 0.3) is 0 Å². The van der Waals surface area contributed by atoms with Gasteiger partial charge in [-0.15, -0.1) is 11.3 Å². The van der Waals surface area contributed by atoms with Gasteiger partial charge in [0.2, 0.25) is 15.9 Å². The van der Waals surface area contributed by atoms with Gasteiger partial charge in [-0.3, -0.25) is 9.59 Å². The highest BCUT2D eigenvalue weighted by Gasteiger charge is 2.46. The summed E-state index contributed by atoms with van der Waals surface area (Å²) in [5, 5.41) is 12.8. The van der Waals surface area contributed by atoms with Crippen LogP contribution in [0.2, 0.25) is 10.0 Å². The van der Waals surface area contributed by atoms with Crippen LogP contribution in [0.4, 0.5) is 0 Å². The summed E-state index contributed by atoms with van der Waals surface area (Å²) in [5.74, 6) is -2.01. The molecule has 1 aromatic heterocycles. The minimum Gasteiger partial charge on any atom is -0.481 e. The van der Waals surface area contributed by atoms with Crippen LogP contribution in [0.1, 0.15) is 53.6 Å². The number of carbonyl (C=O) groups excluding carboxylic acids is 1. The van der Waals surface area contributed by atoms with Gasteiger partial charge in [0, 0.05) is 46.4 Å². The number of carbonyl (C=O) groups is 2. The summed E-state index contributed by atoms with van der Waals surface area (Å²) in [5.41, 5.74) is 1.81. The lowest BCUT2D eigenvalue weighted by molar-refractivity contribution is -0.150. The fourth-order valence-corrected chi connectivity index (χ4v) is 8.13. The highest BCUT2D eigenvalue weighted by Crippen LogP contribution is 2.48. The normalized spacial score (nSPS) is 22.0. The highest BCUT2D eigenvalue weighted by atomic mass is 35.5. The van der Waals surface area contributed by atoms with E-state index in [0.717, 1.165) is 28.8 Å². The SMILES string of the molecule is CS(=O)(=O)N(Cc1cccs1)CC(CN1C(=O)C(CC(=O)O)CC(c2cccc(Cl)c2)C1c1ccc(Cl)cc1)C1CC1. The van der Waals surface area contributed by atoms with Gasteiger partial charge in [0.15, 0.2) is 0 Å². The fourth-order valence-electron chi connectivity index (χ4n) is 6.17. The molecule has 1 saturated carbocycles. The first kappa shape index (κ1) is 31.0. The Labute approximate surface area is 261 Å². The Kier molecular flexibility index (Phi) is 9.64. The molecular weight excluding hydrogens is 615 g/mol. The summed E-state index contributed by atoms with van der Waals surface area (Å²) in [6, 6.07) is 18.3. The predicted octanol–water partition coefficient (Wildman–Crippen LogP) is 6.69. The van der Waals surface area contributed by atoms with Crippen molar-refractivity contribution in [3.63, 3.8) is 0 Å². The van der Waals surface area contributed by atoms with Crippen LogP contribution in [0.15, 0.2) is 66.0 Å². The van der Waals surface area contributed by atoms with Crippen LogP contribution >= 0.6 is 34.5 Å². The van der Waals surface area contributed by atoms with Gasteiger partial charge in [-0.05, 0) is 77.9 Å². The summed E-state index contributed by atoms with van der Waals surface area (Å²) in [6.45, 7) is 0.880. The van der Waals surface area contributed by atoms with Crippen LogP contribution in [0, 0.1) is 17.8 Å². The van der Waals surface area contributed by atoms with Gasteiger partial charge < -0.3 is 10.0 Å². The molecule has 11 heteroatoms. The summed E-state index contributed by atoms with van der Waals surface area (Å²) < 4.78 is 27.3. The summed E-state index contributed by atoms with van der Waals surface area (Å²) >= 11 is 14.2. The molecule has 2 fully saturated rings. The van der Waals surface area contributed by atoms with Gasteiger partial charge in [0.05, 0.1) is 18.7 Å². The number of hydrogen-bond acceptors (Lipinski definition) is 5. The van der Waals surface area contributed by atoms with Crippen molar-refractivity contribution in [2.45, 2.75) is 44.2 Å². The molecule has 2 heterocycles. The number of halogens is 2. The van der Waals surface area contributed by atoms with E-state index >= 15 is 0 Å². The molecule has 0 bridgehead atoms. The van der Waals surface area contributed by atoms with Crippen molar-refractivity contribution in [1.29, 1.82) is 0 Å². The number of carboxylic acid groups (broad SMARTS) is 1. The Bertz CT molecular complexity index is 1510. The Balaban J connectivity index is 1.54. The van der Waals surface area contributed by atoms with Gasteiger partial charge in [0.1, 0.15) is 0 Å². The van der Waals surface area contributed by atoms with Crippen molar-refractivity contribution in [3.05, 3.63) is 92.1 Å². The number of aliphatic carboxylic acids is 1. The number of rotatable bonds is 12. The van der Waals surface area contributed by atoms with Crippen molar-refractivity contribution in [3.8, 4) is 0 Å². The van der Waals surface area contributed by atoms with Gasteiger partial charge in [-0.25, -0.2) is 8.42 Å². The minimum absolute atomic E-state index is 0.109. The molecule has 42 heavy (non-hydrogen) atoms. The molecule has 7 nitrogen and oxygen atoms in total. The summed E-state index contributed by atoms with van der Waals surface area (Å²) in [4.78, 5) is 28.8. The first-order chi connectivity index (χ1) is 20.0. The number of hydrogen-bond donors (Lipinski definition) is 1. The van der Waals surface area contributed by atoms with E-state index in [1.807, 2.05) is 52.7 Å². The van der Waals surface area contributed by atoms with Gasteiger partial charge in [-0.1, -0.05) is 53.5 Å². The molecule has 1 N–H and O–H groups in total. The summed E-state index contributed by atoms with van der Waals surface area (Å²) in [6.07, 6.45) is 3.24. The highest BCUT2D eigenvalue weighted by molar-refractivity contribution is 7.88. The maximum Gasteiger partial charge on any atom is 0.304 e. The first-order valence-electron chi connectivity index (χ1n) is 14.0. The van der Waals surface area contributed by atoms with E-state index in [4.69, 9.17) is 23.2 Å². The molecule has 2 aliphatic rings. The van der Waals surface area contributed by atoms with Crippen LogP contribution in [0.5, 0.6) is 0 Å². The third-order valence-corrected chi connectivity index (χ3v) is 10.9. The predicted molar refractivity (Wildman–Crippen MR) is 166 cm³/mol. The zero-order valence-electron chi connectivity index (χ0n) is 23.2. The van der Waals surface area contributed by atoms with E-state index in [9.17, 15) is 23.1 Å². The van der Waals surface area contributed by atoms with Gasteiger partial charge in [-0.2, -0.15) is 4.31 Å². The molecule has 3 aromatic rings. The zero-order valence-corrected chi connectivity index (χ0v) is 26.4. The lowest BCUT2D eigenvalue weighted by Gasteiger charge is -2.46.